The lowest BCUT2D eigenvalue weighted by molar-refractivity contribution is 0.0702. The summed E-state index contributed by atoms with van der Waals surface area (Å²) >= 11 is 1.33. The first-order valence-corrected chi connectivity index (χ1v) is 6.60. The highest BCUT2D eigenvalue weighted by Gasteiger charge is 2.26. The Kier molecular flexibility index (Phi) is 4.15. The minimum Gasteiger partial charge on any atom is -0.477 e. The molecule has 0 spiro atoms. The van der Waals surface area contributed by atoms with E-state index >= 15 is 0 Å². The van der Waals surface area contributed by atoms with Crippen LogP contribution in [0.5, 0.6) is 0 Å². The van der Waals surface area contributed by atoms with Gasteiger partial charge in [-0.25, -0.2) is 4.79 Å². The zero-order chi connectivity index (χ0) is 12.3. The van der Waals surface area contributed by atoms with E-state index in [0.717, 1.165) is 24.3 Å². The van der Waals surface area contributed by atoms with Gasteiger partial charge >= 0.3 is 5.97 Å². The van der Waals surface area contributed by atoms with Crippen LogP contribution in [-0.4, -0.2) is 30.3 Å². The van der Waals surface area contributed by atoms with Gasteiger partial charge in [0.1, 0.15) is 4.88 Å². The van der Waals surface area contributed by atoms with Gasteiger partial charge in [-0.2, -0.15) is 0 Å². The molecule has 17 heavy (non-hydrogen) atoms. The van der Waals surface area contributed by atoms with E-state index in [-0.39, 0.29) is 0 Å². The highest BCUT2D eigenvalue weighted by molar-refractivity contribution is 7.13. The fourth-order valence-electron chi connectivity index (χ4n) is 2.26. The molecule has 1 fully saturated rings. The third-order valence-corrected chi connectivity index (χ3v) is 4.24. The zero-order valence-electron chi connectivity index (χ0n) is 9.81. The molecule has 4 nitrogen and oxygen atoms in total. The lowest BCUT2D eigenvalue weighted by Gasteiger charge is -2.19. The molecule has 1 saturated carbocycles. The van der Waals surface area contributed by atoms with Crippen LogP contribution in [0, 0.1) is 0 Å². The number of aromatic carboxylic acids is 1. The first-order chi connectivity index (χ1) is 8.20. The Labute approximate surface area is 105 Å². The predicted octanol–water partition coefficient (Wildman–Crippen LogP) is 2.10. The van der Waals surface area contributed by atoms with Crippen molar-refractivity contribution in [1.82, 2.24) is 5.32 Å². The summed E-state index contributed by atoms with van der Waals surface area (Å²) in [6.45, 7) is 0.725. The molecular formula is C12H17NO3S. The van der Waals surface area contributed by atoms with Crippen molar-refractivity contribution in [1.29, 1.82) is 0 Å². The van der Waals surface area contributed by atoms with Crippen LogP contribution >= 0.6 is 11.3 Å². The summed E-state index contributed by atoms with van der Waals surface area (Å²) in [5.41, 5.74) is 0. The number of ether oxygens (including phenoxy) is 1. The molecule has 1 aliphatic rings. The van der Waals surface area contributed by atoms with Crippen molar-refractivity contribution in [3.05, 3.63) is 21.9 Å². The van der Waals surface area contributed by atoms with Crippen LogP contribution in [0.2, 0.25) is 0 Å². The van der Waals surface area contributed by atoms with E-state index in [2.05, 4.69) is 5.32 Å². The molecule has 1 aliphatic carbocycles. The molecule has 1 aromatic rings. The van der Waals surface area contributed by atoms with Crippen LogP contribution in [-0.2, 0) is 11.3 Å². The van der Waals surface area contributed by atoms with Gasteiger partial charge in [0.2, 0.25) is 0 Å². The summed E-state index contributed by atoms with van der Waals surface area (Å²) in [5, 5.41) is 12.3. The van der Waals surface area contributed by atoms with E-state index in [1.165, 1.54) is 17.8 Å². The number of carboxylic acids is 1. The van der Waals surface area contributed by atoms with Gasteiger partial charge in [-0.15, -0.1) is 11.3 Å². The second-order valence-corrected chi connectivity index (χ2v) is 5.43. The van der Waals surface area contributed by atoms with Gasteiger partial charge in [0.15, 0.2) is 0 Å². The van der Waals surface area contributed by atoms with Gasteiger partial charge in [-0.1, -0.05) is 0 Å². The number of rotatable bonds is 5. The van der Waals surface area contributed by atoms with Crippen molar-refractivity contribution in [2.24, 2.45) is 0 Å². The van der Waals surface area contributed by atoms with Gasteiger partial charge < -0.3 is 15.2 Å². The van der Waals surface area contributed by atoms with Crippen LogP contribution in [0.25, 0.3) is 0 Å². The number of hydrogen-bond acceptors (Lipinski definition) is 4. The monoisotopic (exact) mass is 255 g/mol. The highest BCUT2D eigenvalue weighted by Crippen LogP contribution is 2.23. The summed E-state index contributed by atoms with van der Waals surface area (Å²) in [7, 11) is 1.75. The quantitative estimate of drug-likeness (QED) is 0.846. The molecule has 0 amide bonds. The number of thiophene rings is 1. The predicted molar refractivity (Wildman–Crippen MR) is 66.6 cm³/mol. The Hall–Kier alpha value is -0.910. The van der Waals surface area contributed by atoms with Crippen molar-refractivity contribution < 1.29 is 14.6 Å². The van der Waals surface area contributed by atoms with Gasteiger partial charge in [0.05, 0.1) is 6.10 Å². The molecule has 2 atom stereocenters. The number of methoxy groups -OCH3 is 1. The second kappa shape index (κ2) is 5.62. The minimum absolute atomic E-state index is 0.300. The van der Waals surface area contributed by atoms with Crippen LogP contribution in [0.15, 0.2) is 12.1 Å². The lowest BCUT2D eigenvalue weighted by Crippen LogP contribution is -2.36. The minimum atomic E-state index is -0.850. The number of carboxylic acid groups (broad SMARTS) is 1. The normalized spacial score (nSPS) is 24.1. The van der Waals surface area contributed by atoms with Crippen molar-refractivity contribution in [3.63, 3.8) is 0 Å². The summed E-state index contributed by atoms with van der Waals surface area (Å²) in [6.07, 6.45) is 3.74. The molecule has 0 aromatic carbocycles. The van der Waals surface area contributed by atoms with Crippen molar-refractivity contribution in [2.45, 2.75) is 38.0 Å². The maximum Gasteiger partial charge on any atom is 0.345 e. The molecular weight excluding hydrogens is 238 g/mol. The Balaban J connectivity index is 1.86. The smallest absolute Gasteiger partial charge is 0.345 e. The molecule has 0 bridgehead atoms. The zero-order valence-corrected chi connectivity index (χ0v) is 10.6. The Bertz CT molecular complexity index is 391. The van der Waals surface area contributed by atoms with Crippen molar-refractivity contribution in [2.75, 3.05) is 7.11 Å². The van der Waals surface area contributed by atoms with E-state index < -0.39 is 5.97 Å². The maximum atomic E-state index is 10.7. The SMILES string of the molecule is COC1CCCC1NCc1ccc(C(=O)O)s1. The molecule has 2 rings (SSSR count). The summed E-state index contributed by atoms with van der Waals surface area (Å²) < 4.78 is 5.40. The lowest BCUT2D eigenvalue weighted by atomic mass is 10.2. The van der Waals surface area contributed by atoms with Crippen LogP contribution in [0.3, 0.4) is 0 Å². The maximum absolute atomic E-state index is 10.7. The van der Waals surface area contributed by atoms with Crippen LogP contribution in [0.4, 0.5) is 0 Å². The number of nitrogens with one attached hydrogen (secondary N) is 1. The Morgan fingerprint density at radius 1 is 1.59 bits per heavy atom. The molecule has 2 unspecified atom stereocenters. The third-order valence-electron chi connectivity index (χ3n) is 3.17. The molecule has 94 valence electrons. The second-order valence-electron chi connectivity index (χ2n) is 4.26. The molecule has 5 heteroatoms. The Morgan fingerprint density at radius 3 is 3.06 bits per heavy atom. The number of hydrogen-bond donors (Lipinski definition) is 2. The molecule has 2 N–H and O–H groups in total. The largest absolute Gasteiger partial charge is 0.477 e. The number of carbonyl (C=O) groups is 1. The van der Waals surface area contributed by atoms with Crippen LogP contribution < -0.4 is 5.32 Å². The average molecular weight is 255 g/mol. The topological polar surface area (TPSA) is 58.6 Å². The fourth-order valence-corrected chi connectivity index (χ4v) is 3.06. The molecule has 1 aromatic heterocycles. The van der Waals surface area contributed by atoms with Crippen LogP contribution in [0.1, 0.15) is 33.8 Å². The molecule has 0 radical (unpaired) electrons. The molecule has 1 heterocycles. The fraction of sp³-hybridized carbons (Fsp3) is 0.583. The Morgan fingerprint density at radius 2 is 2.41 bits per heavy atom. The van der Waals surface area contributed by atoms with Gasteiger partial charge in [-0.05, 0) is 31.4 Å². The first-order valence-electron chi connectivity index (χ1n) is 5.79. The average Bonchev–Trinajstić information content (AvgIpc) is 2.95. The van der Waals surface area contributed by atoms with Crippen molar-refractivity contribution >= 4 is 17.3 Å². The standard InChI is InChI=1S/C12H17NO3S/c1-16-10-4-2-3-9(10)13-7-8-5-6-11(17-8)12(14)15/h5-6,9-10,13H,2-4,7H2,1H3,(H,14,15). The van der Waals surface area contributed by atoms with E-state index in [0.29, 0.717) is 17.0 Å². The van der Waals surface area contributed by atoms with Gasteiger partial charge in [0, 0.05) is 24.6 Å². The van der Waals surface area contributed by atoms with Gasteiger partial charge in [-0.3, -0.25) is 0 Å². The van der Waals surface area contributed by atoms with E-state index in [4.69, 9.17) is 9.84 Å². The highest BCUT2D eigenvalue weighted by atomic mass is 32.1. The molecule has 0 aliphatic heterocycles. The van der Waals surface area contributed by atoms with E-state index in [1.807, 2.05) is 6.07 Å². The summed E-state index contributed by atoms with van der Waals surface area (Å²) in [5.74, 6) is -0.850. The van der Waals surface area contributed by atoms with Crippen molar-refractivity contribution in [3.8, 4) is 0 Å². The third kappa shape index (κ3) is 3.06. The summed E-state index contributed by atoms with van der Waals surface area (Å²) in [6, 6.07) is 3.93. The molecule has 0 saturated heterocycles. The van der Waals surface area contributed by atoms with Gasteiger partial charge in [0.25, 0.3) is 0 Å². The van der Waals surface area contributed by atoms with E-state index in [1.54, 1.807) is 13.2 Å². The first kappa shape index (κ1) is 12.5. The summed E-state index contributed by atoms with van der Waals surface area (Å²) in [4.78, 5) is 12.2. The van der Waals surface area contributed by atoms with E-state index in [9.17, 15) is 4.79 Å².